The molecule has 126 valence electrons. The number of nitrogens with one attached hydrogen (secondary N) is 2. The molecule has 0 aliphatic rings. The van der Waals surface area contributed by atoms with E-state index in [1.165, 1.54) is 19.1 Å². The van der Waals surface area contributed by atoms with Crippen LogP contribution < -0.4 is 10.6 Å². The van der Waals surface area contributed by atoms with Gasteiger partial charge in [0.15, 0.2) is 0 Å². The fourth-order valence-corrected chi connectivity index (χ4v) is 2.02. The van der Waals surface area contributed by atoms with Crippen molar-refractivity contribution in [1.82, 2.24) is 4.98 Å². The van der Waals surface area contributed by atoms with E-state index in [4.69, 9.17) is 0 Å². The number of carbonyl (C=O) groups is 2. The van der Waals surface area contributed by atoms with E-state index >= 15 is 0 Å². The van der Waals surface area contributed by atoms with Crippen LogP contribution in [0.25, 0.3) is 0 Å². The number of hydrogen-bond donors (Lipinski definition) is 2. The van der Waals surface area contributed by atoms with Gasteiger partial charge < -0.3 is 10.6 Å². The number of anilines is 2. The van der Waals surface area contributed by atoms with E-state index < -0.39 is 29.2 Å². The molecule has 0 aliphatic heterocycles. The summed E-state index contributed by atoms with van der Waals surface area (Å²) in [5, 5.41) is 4.48. The minimum absolute atomic E-state index is 0.00839. The lowest BCUT2D eigenvalue weighted by Crippen LogP contribution is -2.18. The van der Waals surface area contributed by atoms with E-state index in [2.05, 4.69) is 15.6 Å². The van der Waals surface area contributed by atoms with Crippen LogP contribution in [-0.2, 0) is 11.0 Å². The number of benzene rings is 1. The average Bonchev–Trinajstić information content (AvgIpc) is 2.47. The van der Waals surface area contributed by atoms with Gasteiger partial charge in [-0.05, 0) is 37.3 Å². The van der Waals surface area contributed by atoms with E-state index in [0.717, 1.165) is 12.1 Å². The number of alkyl halides is 3. The Bertz CT molecular complexity index is 788. The summed E-state index contributed by atoms with van der Waals surface area (Å²) < 4.78 is 39.6. The molecule has 1 heterocycles. The molecule has 0 aliphatic carbocycles. The number of aromatic nitrogens is 1. The number of aryl methyl sites for hydroxylation is 1. The highest BCUT2D eigenvalue weighted by molar-refractivity contribution is 6.03. The van der Waals surface area contributed by atoms with Gasteiger partial charge in [0.25, 0.3) is 5.91 Å². The Hall–Kier alpha value is -2.90. The molecule has 24 heavy (non-hydrogen) atoms. The van der Waals surface area contributed by atoms with Crippen molar-refractivity contribution >= 4 is 23.2 Å². The lowest BCUT2D eigenvalue weighted by atomic mass is 10.1. The summed E-state index contributed by atoms with van der Waals surface area (Å²) in [5.74, 6) is -1.25. The van der Waals surface area contributed by atoms with E-state index in [1.54, 1.807) is 19.1 Å². The highest BCUT2D eigenvalue weighted by Crippen LogP contribution is 2.36. The quantitative estimate of drug-likeness (QED) is 0.899. The van der Waals surface area contributed by atoms with Crippen molar-refractivity contribution in [2.24, 2.45) is 0 Å². The van der Waals surface area contributed by atoms with Gasteiger partial charge in [-0.2, -0.15) is 13.2 Å². The molecule has 2 rings (SSSR count). The van der Waals surface area contributed by atoms with Crippen LogP contribution in [0.1, 0.15) is 28.7 Å². The molecule has 0 atom stereocenters. The zero-order valence-electron chi connectivity index (χ0n) is 12.9. The molecule has 0 saturated heterocycles. The first-order chi connectivity index (χ1) is 11.2. The topological polar surface area (TPSA) is 71.1 Å². The van der Waals surface area contributed by atoms with Crippen molar-refractivity contribution in [2.45, 2.75) is 20.0 Å². The van der Waals surface area contributed by atoms with Crippen LogP contribution in [-0.4, -0.2) is 16.8 Å². The number of halogens is 3. The van der Waals surface area contributed by atoms with Crippen molar-refractivity contribution in [3.8, 4) is 0 Å². The van der Waals surface area contributed by atoms with Crippen LogP contribution in [0.15, 0.2) is 36.4 Å². The SMILES string of the molecule is CC(=O)Nc1ccc(NC(=O)c2cccc(C)n2)c(C(F)(F)F)c1. The van der Waals surface area contributed by atoms with Gasteiger partial charge in [0, 0.05) is 18.3 Å². The van der Waals surface area contributed by atoms with Crippen LogP contribution in [0.3, 0.4) is 0 Å². The third-order valence-electron chi connectivity index (χ3n) is 3.01. The lowest BCUT2D eigenvalue weighted by Gasteiger charge is -2.15. The Morgan fingerprint density at radius 3 is 2.38 bits per heavy atom. The van der Waals surface area contributed by atoms with Crippen molar-refractivity contribution < 1.29 is 22.8 Å². The predicted molar refractivity (Wildman–Crippen MR) is 82.7 cm³/mol. The molecule has 8 heteroatoms. The average molecular weight is 337 g/mol. The van der Waals surface area contributed by atoms with Crippen molar-refractivity contribution in [2.75, 3.05) is 10.6 Å². The Morgan fingerprint density at radius 2 is 1.79 bits per heavy atom. The Kier molecular flexibility index (Phi) is 4.87. The molecular formula is C16H14F3N3O2. The standard InChI is InChI=1S/C16H14F3N3O2/c1-9-4-3-5-14(20-9)15(24)22-13-7-6-11(21-10(2)23)8-12(13)16(17,18)19/h3-8H,1-2H3,(H,21,23)(H,22,24). The summed E-state index contributed by atoms with van der Waals surface area (Å²) >= 11 is 0. The normalized spacial score (nSPS) is 11.0. The van der Waals surface area contributed by atoms with Gasteiger partial charge in [-0.1, -0.05) is 6.07 Å². The zero-order valence-corrected chi connectivity index (χ0v) is 12.9. The van der Waals surface area contributed by atoms with Gasteiger partial charge >= 0.3 is 6.18 Å². The fraction of sp³-hybridized carbons (Fsp3) is 0.188. The van der Waals surface area contributed by atoms with Gasteiger partial charge in [-0.15, -0.1) is 0 Å². The maximum atomic E-state index is 13.2. The van der Waals surface area contributed by atoms with Gasteiger partial charge in [0.05, 0.1) is 11.3 Å². The predicted octanol–water partition coefficient (Wildman–Crippen LogP) is 3.62. The molecule has 1 aromatic carbocycles. The second-order valence-electron chi connectivity index (χ2n) is 5.06. The van der Waals surface area contributed by atoms with E-state index in [9.17, 15) is 22.8 Å². The second-order valence-corrected chi connectivity index (χ2v) is 5.06. The maximum absolute atomic E-state index is 13.2. The summed E-state index contributed by atoms with van der Waals surface area (Å²) in [7, 11) is 0. The monoisotopic (exact) mass is 337 g/mol. The summed E-state index contributed by atoms with van der Waals surface area (Å²) in [6.07, 6.45) is -4.70. The number of rotatable bonds is 3. The molecule has 0 spiro atoms. The van der Waals surface area contributed by atoms with Crippen LogP contribution in [0.5, 0.6) is 0 Å². The van der Waals surface area contributed by atoms with Crippen LogP contribution >= 0.6 is 0 Å². The number of carbonyl (C=O) groups excluding carboxylic acids is 2. The Balaban J connectivity index is 2.35. The molecule has 2 N–H and O–H groups in total. The summed E-state index contributed by atoms with van der Waals surface area (Å²) in [6, 6.07) is 7.78. The van der Waals surface area contributed by atoms with Gasteiger partial charge in [0.2, 0.25) is 5.91 Å². The summed E-state index contributed by atoms with van der Waals surface area (Å²) in [6.45, 7) is 2.85. The molecule has 0 saturated carbocycles. The molecule has 0 unspecified atom stereocenters. The summed E-state index contributed by atoms with van der Waals surface area (Å²) in [4.78, 5) is 27.0. The molecular weight excluding hydrogens is 323 g/mol. The number of hydrogen-bond acceptors (Lipinski definition) is 3. The van der Waals surface area contributed by atoms with Crippen molar-refractivity contribution in [3.05, 3.63) is 53.3 Å². The molecule has 0 bridgehead atoms. The van der Waals surface area contributed by atoms with Crippen LogP contribution in [0.4, 0.5) is 24.5 Å². The van der Waals surface area contributed by atoms with Crippen molar-refractivity contribution in [3.63, 3.8) is 0 Å². The third-order valence-corrected chi connectivity index (χ3v) is 3.01. The van der Waals surface area contributed by atoms with Gasteiger partial charge in [-0.3, -0.25) is 9.59 Å². The lowest BCUT2D eigenvalue weighted by molar-refractivity contribution is -0.137. The molecule has 2 aromatic rings. The first kappa shape index (κ1) is 17.5. The molecule has 2 amide bonds. The smallest absolute Gasteiger partial charge is 0.326 e. The Morgan fingerprint density at radius 1 is 1.08 bits per heavy atom. The van der Waals surface area contributed by atoms with Gasteiger partial charge in [0.1, 0.15) is 5.69 Å². The number of nitrogens with zero attached hydrogens (tertiary/aromatic N) is 1. The minimum Gasteiger partial charge on any atom is -0.326 e. The highest BCUT2D eigenvalue weighted by atomic mass is 19.4. The minimum atomic E-state index is -4.70. The molecule has 5 nitrogen and oxygen atoms in total. The fourth-order valence-electron chi connectivity index (χ4n) is 2.02. The number of pyridine rings is 1. The molecule has 0 radical (unpaired) electrons. The van der Waals surface area contributed by atoms with E-state index in [-0.39, 0.29) is 11.4 Å². The second kappa shape index (κ2) is 6.69. The van der Waals surface area contributed by atoms with Gasteiger partial charge in [-0.25, -0.2) is 4.98 Å². The van der Waals surface area contributed by atoms with E-state index in [1.807, 2.05) is 0 Å². The largest absolute Gasteiger partial charge is 0.418 e. The first-order valence-corrected chi connectivity index (χ1v) is 6.90. The van der Waals surface area contributed by atoms with Crippen LogP contribution in [0, 0.1) is 6.92 Å². The number of amides is 2. The zero-order chi connectivity index (χ0) is 17.9. The first-order valence-electron chi connectivity index (χ1n) is 6.90. The maximum Gasteiger partial charge on any atom is 0.418 e. The molecule has 1 aromatic heterocycles. The highest BCUT2D eigenvalue weighted by Gasteiger charge is 2.34. The van der Waals surface area contributed by atoms with Crippen molar-refractivity contribution in [1.29, 1.82) is 0 Å². The summed E-state index contributed by atoms with van der Waals surface area (Å²) in [5.41, 5.74) is -0.907. The van der Waals surface area contributed by atoms with E-state index in [0.29, 0.717) is 5.69 Å². The Labute approximate surface area is 135 Å². The molecule has 0 fully saturated rings. The third kappa shape index (κ3) is 4.31. The van der Waals surface area contributed by atoms with Crippen LogP contribution in [0.2, 0.25) is 0 Å².